The zero-order valence-electron chi connectivity index (χ0n) is 16.7. The predicted molar refractivity (Wildman–Crippen MR) is 106 cm³/mol. The second-order valence-corrected chi connectivity index (χ2v) is 7.95. The lowest BCUT2D eigenvalue weighted by Gasteiger charge is -2.37. The fourth-order valence-corrected chi connectivity index (χ4v) is 3.88. The summed E-state index contributed by atoms with van der Waals surface area (Å²) in [4.78, 5) is 28.8. The summed E-state index contributed by atoms with van der Waals surface area (Å²) in [6.45, 7) is 4.81. The number of aryl methyl sites for hydroxylation is 1. The molecule has 1 aliphatic heterocycles. The van der Waals surface area contributed by atoms with Crippen LogP contribution in [0.2, 0.25) is 0 Å². The van der Waals surface area contributed by atoms with Gasteiger partial charge in [0.15, 0.2) is 0 Å². The Kier molecular flexibility index (Phi) is 6.75. The minimum atomic E-state index is 0.0535. The highest BCUT2D eigenvalue weighted by atomic mass is 16.5. The summed E-state index contributed by atoms with van der Waals surface area (Å²) < 4.78 is 5.81. The van der Waals surface area contributed by atoms with Crippen molar-refractivity contribution in [3.05, 3.63) is 29.8 Å². The van der Waals surface area contributed by atoms with E-state index in [-0.39, 0.29) is 17.7 Å². The molecule has 0 spiro atoms. The fourth-order valence-electron chi connectivity index (χ4n) is 3.88. The zero-order valence-corrected chi connectivity index (χ0v) is 16.7. The summed E-state index contributed by atoms with van der Waals surface area (Å²) in [5.41, 5.74) is 1.13. The van der Waals surface area contributed by atoms with Crippen molar-refractivity contribution in [2.45, 2.75) is 45.4 Å². The summed E-state index contributed by atoms with van der Waals surface area (Å²) >= 11 is 0. The topological polar surface area (TPSA) is 49.9 Å². The van der Waals surface area contributed by atoms with Gasteiger partial charge in [0.1, 0.15) is 5.75 Å². The number of piperidine rings is 1. The van der Waals surface area contributed by atoms with Crippen molar-refractivity contribution in [3.8, 4) is 5.75 Å². The first-order valence-electron chi connectivity index (χ1n) is 10.3. The molecule has 0 aromatic heterocycles. The lowest BCUT2D eigenvalue weighted by atomic mass is 9.83. The normalized spacial score (nSPS) is 18.1. The largest absolute Gasteiger partial charge is 0.493 e. The maximum Gasteiger partial charge on any atom is 0.225 e. The van der Waals surface area contributed by atoms with Gasteiger partial charge in [-0.05, 0) is 50.7 Å². The van der Waals surface area contributed by atoms with Crippen molar-refractivity contribution in [2.75, 3.05) is 33.3 Å². The molecule has 2 aliphatic rings. The number of carbonyl (C=O) groups excluding carboxylic acids is 2. The van der Waals surface area contributed by atoms with Crippen LogP contribution in [0.4, 0.5) is 0 Å². The van der Waals surface area contributed by atoms with Crippen molar-refractivity contribution in [3.63, 3.8) is 0 Å². The molecule has 1 saturated carbocycles. The molecule has 0 atom stereocenters. The van der Waals surface area contributed by atoms with E-state index in [9.17, 15) is 9.59 Å². The first-order valence-corrected chi connectivity index (χ1v) is 10.3. The lowest BCUT2D eigenvalue weighted by molar-refractivity contribution is -0.143. The van der Waals surface area contributed by atoms with Crippen LogP contribution in [0.3, 0.4) is 0 Å². The van der Waals surface area contributed by atoms with Crippen LogP contribution in [-0.4, -0.2) is 54.9 Å². The third kappa shape index (κ3) is 5.02. The average molecular weight is 373 g/mol. The molecule has 0 N–H and O–H groups in total. The number of rotatable bonds is 7. The van der Waals surface area contributed by atoms with Crippen LogP contribution in [0.25, 0.3) is 0 Å². The first-order chi connectivity index (χ1) is 13.1. The Morgan fingerprint density at radius 3 is 2.44 bits per heavy atom. The molecule has 1 saturated heterocycles. The third-order valence-electron chi connectivity index (χ3n) is 5.98. The molecule has 148 valence electrons. The van der Waals surface area contributed by atoms with Gasteiger partial charge in [0.2, 0.25) is 11.8 Å². The van der Waals surface area contributed by atoms with Crippen molar-refractivity contribution in [2.24, 2.45) is 11.8 Å². The Hall–Kier alpha value is -2.04. The molecule has 2 amide bonds. The number of hydrogen-bond donors (Lipinski definition) is 0. The molecule has 1 aromatic rings. The van der Waals surface area contributed by atoms with Crippen molar-refractivity contribution in [1.29, 1.82) is 0 Å². The highest BCUT2D eigenvalue weighted by molar-refractivity contribution is 5.81. The highest BCUT2D eigenvalue weighted by Gasteiger charge is 2.33. The van der Waals surface area contributed by atoms with Crippen molar-refractivity contribution in [1.82, 2.24) is 9.80 Å². The Labute approximate surface area is 162 Å². The van der Waals surface area contributed by atoms with Gasteiger partial charge in [-0.25, -0.2) is 0 Å². The van der Waals surface area contributed by atoms with Gasteiger partial charge in [-0.15, -0.1) is 0 Å². The van der Waals surface area contributed by atoms with Crippen molar-refractivity contribution < 1.29 is 14.3 Å². The van der Waals surface area contributed by atoms with Gasteiger partial charge in [-0.3, -0.25) is 9.59 Å². The summed E-state index contributed by atoms with van der Waals surface area (Å²) in [7, 11) is 1.88. The van der Waals surface area contributed by atoms with Gasteiger partial charge in [-0.1, -0.05) is 24.6 Å². The van der Waals surface area contributed by atoms with Crippen molar-refractivity contribution >= 4 is 11.8 Å². The van der Waals surface area contributed by atoms with E-state index in [2.05, 4.69) is 0 Å². The van der Waals surface area contributed by atoms with Crippen LogP contribution in [0, 0.1) is 18.8 Å². The van der Waals surface area contributed by atoms with Gasteiger partial charge in [0.05, 0.1) is 6.61 Å². The Morgan fingerprint density at radius 1 is 1.11 bits per heavy atom. The van der Waals surface area contributed by atoms with E-state index in [1.165, 1.54) is 6.42 Å². The molecule has 5 nitrogen and oxygen atoms in total. The number of nitrogens with zero attached hydrogens (tertiary/aromatic N) is 2. The summed E-state index contributed by atoms with van der Waals surface area (Å²) in [6.07, 6.45) is 5.68. The number of ether oxygens (including phenoxy) is 1. The molecule has 5 heteroatoms. The number of carbonyl (C=O) groups is 2. The van der Waals surface area contributed by atoms with E-state index >= 15 is 0 Å². The summed E-state index contributed by atoms with van der Waals surface area (Å²) in [5, 5.41) is 0. The molecule has 1 heterocycles. The molecule has 0 radical (unpaired) electrons. The van der Waals surface area contributed by atoms with E-state index in [4.69, 9.17) is 4.74 Å². The van der Waals surface area contributed by atoms with Crippen LogP contribution < -0.4 is 4.74 Å². The minimum absolute atomic E-state index is 0.0535. The molecule has 1 aliphatic carbocycles. The maximum absolute atomic E-state index is 12.7. The van der Waals surface area contributed by atoms with Crippen LogP contribution in [0.15, 0.2) is 24.3 Å². The quantitative estimate of drug-likeness (QED) is 0.690. The molecule has 0 bridgehead atoms. The Bertz CT molecular complexity index is 649. The maximum atomic E-state index is 12.7. The summed E-state index contributed by atoms with van der Waals surface area (Å²) in [5.74, 6) is 1.75. The van der Waals surface area contributed by atoms with Gasteiger partial charge < -0.3 is 14.5 Å². The number of likely N-dealkylation sites (tertiary alicyclic amines) is 1. The van der Waals surface area contributed by atoms with Gasteiger partial charge in [-0.2, -0.15) is 0 Å². The van der Waals surface area contributed by atoms with E-state index in [1.807, 2.05) is 48.0 Å². The number of hydrogen-bond acceptors (Lipinski definition) is 3. The average Bonchev–Trinajstić information content (AvgIpc) is 2.64. The van der Waals surface area contributed by atoms with E-state index in [0.29, 0.717) is 19.1 Å². The molecular weight excluding hydrogens is 340 g/mol. The molecule has 3 rings (SSSR count). The van der Waals surface area contributed by atoms with Crippen LogP contribution in [0.1, 0.15) is 44.1 Å². The Balaban J connectivity index is 1.35. The number of para-hydroxylation sites is 1. The molecule has 2 fully saturated rings. The second-order valence-electron chi connectivity index (χ2n) is 7.95. The summed E-state index contributed by atoms with van der Waals surface area (Å²) in [6, 6.07) is 7.98. The van der Waals surface area contributed by atoms with E-state index < -0.39 is 0 Å². The predicted octanol–water partition coefficient (Wildman–Crippen LogP) is 3.26. The monoisotopic (exact) mass is 372 g/mol. The third-order valence-corrected chi connectivity index (χ3v) is 5.98. The first kappa shape index (κ1) is 19.7. The fraction of sp³-hybridized carbons (Fsp3) is 0.636. The highest BCUT2D eigenvalue weighted by Crippen LogP contribution is 2.30. The SMILES string of the molecule is Cc1ccccc1OCCCN(C)C(=O)C1CCN(C(=O)C2CCC2)CC1. The van der Waals surface area contributed by atoms with E-state index in [1.54, 1.807) is 0 Å². The standard InChI is InChI=1S/C22H32N2O3/c1-17-7-3-4-10-20(17)27-16-6-13-23(2)21(25)19-11-14-24(15-12-19)22(26)18-8-5-9-18/h3-4,7,10,18-19H,5-6,8-9,11-16H2,1-2H3. The van der Waals surface area contributed by atoms with Gasteiger partial charge in [0, 0.05) is 38.5 Å². The van der Waals surface area contributed by atoms with Gasteiger partial charge in [0.25, 0.3) is 0 Å². The second kappa shape index (κ2) is 9.25. The molecule has 27 heavy (non-hydrogen) atoms. The number of benzene rings is 1. The minimum Gasteiger partial charge on any atom is -0.493 e. The lowest BCUT2D eigenvalue weighted by Crippen LogP contribution is -2.46. The van der Waals surface area contributed by atoms with Crippen LogP contribution >= 0.6 is 0 Å². The smallest absolute Gasteiger partial charge is 0.225 e. The van der Waals surface area contributed by atoms with Gasteiger partial charge >= 0.3 is 0 Å². The van der Waals surface area contributed by atoms with Crippen LogP contribution in [-0.2, 0) is 9.59 Å². The zero-order chi connectivity index (χ0) is 19.2. The molecule has 1 aromatic carbocycles. The molecular formula is C22H32N2O3. The number of amides is 2. The molecule has 0 unspecified atom stereocenters. The Morgan fingerprint density at radius 2 is 1.81 bits per heavy atom. The van der Waals surface area contributed by atoms with Crippen LogP contribution in [0.5, 0.6) is 5.75 Å². The van der Waals surface area contributed by atoms with E-state index in [0.717, 1.165) is 56.5 Å².